The van der Waals surface area contributed by atoms with E-state index >= 15 is 0 Å². The summed E-state index contributed by atoms with van der Waals surface area (Å²) in [7, 11) is 0. The molecule has 1 saturated heterocycles. The van der Waals surface area contributed by atoms with Crippen molar-refractivity contribution in [2.24, 2.45) is 0 Å². The second kappa shape index (κ2) is 5.84. The zero-order valence-corrected chi connectivity index (χ0v) is 14.5. The van der Waals surface area contributed by atoms with E-state index in [1.807, 2.05) is 6.20 Å². The van der Waals surface area contributed by atoms with E-state index in [1.165, 1.54) is 47.7 Å². The molecule has 5 rings (SSSR count). The van der Waals surface area contributed by atoms with Crippen molar-refractivity contribution in [1.82, 2.24) is 19.7 Å². The molecule has 5 nitrogen and oxygen atoms in total. The van der Waals surface area contributed by atoms with Crippen molar-refractivity contribution in [2.75, 3.05) is 11.4 Å². The fourth-order valence-corrected chi connectivity index (χ4v) is 5.04. The molecule has 0 N–H and O–H groups in total. The van der Waals surface area contributed by atoms with Crippen molar-refractivity contribution in [3.8, 4) is 0 Å². The summed E-state index contributed by atoms with van der Waals surface area (Å²) >= 11 is 1.79. The van der Waals surface area contributed by atoms with Crippen LogP contribution in [0.15, 0.2) is 23.7 Å². The molecule has 6 heteroatoms. The normalized spacial score (nSPS) is 21.2. The number of anilines is 1. The van der Waals surface area contributed by atoms with Gasteiger partial charge >= 0.3 is 0 Å². The predicted molar refractivity (Wildman–Crippen MR) is 96.5 cm³/mol. The van der Waals surface area contributed by atoms with Crippen molar-refractivity contribution >= 4 is 27.2 Å². The van der Waals surface area contributed by atoms with Crippen LogP contribution in [-0.4, -0.2) is 26.3 Å². The van der Waals surface area contributed by atoms with Crippen LogP contribution in [0.25, 0.3) is 10.2 Å². The third-order valence-corrected chi connectivity index (χ3v) is 6.25. The maximum Gasteiger partial charge on any atom is 0.155 e. The highest BCUT2D eigenvalue weighted by Gasteiger charge is 2.32. The molecule has 5 heterocycles. The zero-order chi connectivity index (χ0) is 15.9. The number of pyridine rings is 1. The molecule has 3 aromatic heterocycles. The highest BCUT2D eigenvalue weighted by atomic mass is 32.1. The number of thiophene rings is 1. The minimum Gasteiger partial charge on any atom is -0.360 e. The van der Waals surface area contributed by atoms with Crippen LogP contribution in [0, 0.1) is 0 Å². The lowest BCUT2D eigenvalue weighted by molar-refractivity contribution is 0.560. The summed E-state index contributed by atoms with van der Waals surface area (Å²) in [6.45, 7) is 2.16. The number of aryl methyl sites for hydroxylation is 1. The van der Waals surface area contributed by atoms with E-state index in [4.69, 9.17) is 0 Å². The SMILES string of the molecule is c1cc(N2CCC[C@H]2c2nnc3n2CCCCC3)c2sccc2n1. The van der Waals surface area contributed by atoms with Crippen molar-refractivity contribution in [1.29, 1.82) is 0 Å². The summed E-state index contributed by atoms with van der Waals surface area (Å²) < 4.78 is 3.70. The van der Waals surface area contributed by atoms with Gasteiger partial charge in [0.15, 0.2) is 5.82 Å². The highest BCUT2D eigenvalue weighted by molar-refractivity contribution is 7.17. The Morgan fingerprint density at radius 2 is 2.04 bits per heavy atom. The smallest absolute Gasteiger partial charge is 0.155 e. The Morgan fingerprint density at radius 1 is 1.04 bits per heavy atom. The summed E-state index contributed by atoms with van der Waals surface area (Å²) in [5.41, 5.74) is 2.41. The standard InChI is InChI=1S/C18H21N5S/c1-2-6-16-20-21-18(23(16)10-3-1)15-5-4-11-22(15)14-7-9-19-13-8-12-24-17(13)14/h7-9,12,15H,1-6,10-11H2/t15-/m0/s1. The first-order valence-corrected chi connectivity index (χ1v) is 9.80. The van der Waals surface area contributed by atoms with Gasteiger partial charge in [-0.15, -0.1) is 21.5 Å². The maximum atomic E-state index is 4.62. The molecule has 0 unspecified atom stereocenters. The van der Waals surface area contributed by atoms with E-state index < -0.39 is 0 Å². The third kappa shape index (κ3) is 2.24. The van der Waals surface area contributed by atoms with Gasteiger partial charge in [0.25, 0.3) is 0 Å². The molecule has 1 fully saturated rings. The first-order valence-electron chi connectivity index (χ1n) is 8.92. The quantitative estimate of drug-likeness (QED) is 0.709. The van der Waals surface area contributed by atoms with Crippen LogP contribution in [0.5, 0.6) is 0 Å². The lowest BCUT2D eigenvalue weighted by Crippen LogP contribution is -2.25. The second-order valence-electron chi connectivity index (χ2n) is 6.75. The van der Waals surface area contributed by atoms with Crippen molar-refractivity contribution in [2.45, 2.75) is 51.1 Å². The first-order chi connectivity index (χ1) is 11.9. The van der Waals surface area contributed by atoms with Crippen molar-refractivity contribution < 1.29 is 0 Å². The van der Waals surface area contributed by atoms with Crippen molar-refractivity contribution in [3.63, 3.8) is 0 Å². The molecule has 1 atom stereocenters. The Kier molecular flexibility index (Phi) is 3.51. The zero-order valence-electron chi connectivity index (χ0n) is 13.7. The van der Waals surface area contributed by atoms with E-state index in [-0.39, 0.29) is 0 Å². The molecule has 2 aliphatic rings. The first kappa shape index (κ1) is 14.4. The van der Waals surface area contributed by atoms with E-state index in [0.717, 1.165) is 31.4 Å². The Bertz CT molecular complexity index is 867. The maximum absolute atomic E-state index is 4.62. The molecule has 0 amide bonds. The molecule has 0 radical (unpaired) electrons. The number of fused-ring (bicyclic) bond motifs is 2. The van der Waals surface area contributed by atoms with Crippen molar-refractivity contribution in [3.05, 3.63) is 35.4 Å². The fourth-order valence-electron chi connectivity index (χ4n) is 4.16. The van der Waals surface area contributed by atoms with Crippen LogP contribution in [0.2, 0.25) is 0 Å². The van der Waals surface area contributed by atoms with Crippen LogP contribution in [0.1, 0.15) is 49.8 Å². The minimum atomic E-state index is 0.344. The highest BCUT2D eigenvalue weighted by Crippen LogP contribution is 2.40. The van der Waals surface area contributed by atoms with Gasteiger partial charge in [0.05, 0.1) is 21.9 Å². The number of nitrogens with zero attached hydrogens (tertiary/aromatic N) is 5. The Balaban J connectivity index is 1.57. The van der Waals surface area contributed by atoms with Gasteiger partial charge in [0.1, 0.15) is 5.82 Å². The molecular weight excluding hydrogens is 318 g/mol. The minimum absolute atomic E-state index is 0.344. The predicted octanol–water partition coefficient (Wildman–Crippen LogP) is 3.96. The average Bonchev–Trinajstić information content (AvgIpc) is 3.31. The molecule has 24 heavy (non-hydrogen) atoms. The van der Waals surface area contributed by atoms with Crippen LogP contribution in [0.4, 0.5) is 5.69 Å². The summed E-state index contributed by atoms with van der Waals surface area (Å²) in [6, 6.07) is 4.62. The molecule has 0 saturated carbocycles. The van der Waals surface area contributed by atoms with Gasteiger partial charge in [-0.1, -0.05) is 6.42 Å². The lowest BCUT2D eigenvalue weighted by atomic mass is 10.2. The molecule has 124 valence electrons. The van der Waals surface area contributed by atoms with Crippen LogP contribution in [0.3, 0.4) is 0 Å². The molecule has 0 bridgehead atoms. The van der Waals surface area contributed by atoms with E-state index in [1.54, 1.807) is 11.3 Å². The third-order valence-electron chi connectivity index (χ3n) is 5.32. The average molecular weight is 339 g/mol. The molecule has 0 spiro atoms. The van der Waals surface area contributed by atoms with Gasteiger partial charge in [0, 0.05) is 25.7 Å². The lowest BCUT2D eigenvalue weighted by Gasteiger charge is -2.27. The molecular formula is C18H21N5S. The van der Waals surface area contributed by atoms with Crippen LogP contribution < -0.4 is 4.90 Å². The topological polar surface area (TPSA) is 46.8 Å². The van der Waals surface area contributed by atoms with Gasteiger partial charge in [0.2, 0.25) is 0 Å². The molecule has 2 aliphatic heterocycles. The second-order valence-corrected chi connectivity index (χ2v) is 7.67. The van der Waals surface area contributed by atoms with E-state index in [9.17, 15) is 0 Å². The summed E-state index contributed by atoms with van der Waals surface area (Å²) in [5.74, 6) is 2.36. The molecule has 0 aromatic carbocycles. The Morgan fingerprint density at radius 3 is 3.04 bits per heavy atom. The van der Waals surface area contributed by atoms with Gasteiger partial charge in [-0.3, -0.25) is 4.98 Å². The number of aromatic nitrogens is 4. The largest absolute Gasteiger partial charge is 0.360 e. The fraction of sp³-hybridized carbons (Fsp3) is 0.500. The van der Waals surface area contributed by atoms with Gasteiger partial charge < -0.3 is 9.47 Å². The van der Waals surface area contributed by atoms with Gasteiger partial charge in [-0.05, 0) is 43.2 Å². The molecule has 3 aromatic rings. The van der Waals surface area contributed by atoms with E-state index in [2.05, 4.69) is 42.2 Å². The Hall–Kier alpha value is -1.95. The summed E-state index contributed by atoms with van der Waals surface area (Å²) in [5, 5.41) is 11.3. The van der Waals surface area contributed by atoms with Crippen LogP contribution in [-0.2, 0) is 13.0 Å². The number of rotatable bonds is 2. The Labute approximate surface area is 145 Å². The van der Waals surface area contributed by atoms with Gasteiger partial charge in [-0.25, -0.2) is 0 Å². The number of hydrogen-bond donors (Lipinski definition) is 0. The summed E-state index contributed by atoms with van der Waals surface area (Å²) in [6.07, 6.45) is 9.17. The summed E-state index contributed by atoms with van der Waals surface area (Å²) in [4.78, 5) is 7.02. The van der Waals surface area contributed by atoms with Gasteiger partial charge in [-0.2, -0.15) is 0 Å². The molecule has 0 aliphatic carbocycles. The monoisotopic (exact) mass is 339 g/mol. The number of hydrogen-bond acceptors (Lipinski definition) is 5. The van der Waals surface area contributed by atoms with Crippen LogP contribution >= 0.6 is 11.3 Å². The van der Waals surface area contributed by atoms with E-state index in [0.29, 0.717) is 6.04 Å².